The molecule has 0 aliphatic carbocycles. The van der Waals surface area contributed by atoms with Gasteiger partial charge in [-0.15, -0.1) is 0 Å². The molecule has 2 aromatic rings. The summed E-state index contributed by atoms with van der Waals surface area (Å²) in [5.74, 6) is 0.783. The SMILES string of the molecule is C=C(C#N)C(O)c1ccc(-c2ccc(Cl)c(Cl)c2)o1. The Hall–Kier alpha value is -1.73. The second-order valence-corrected chi connectivity index (χ2v) is 4.68. The summed E-state index contributed by atoms with van der Waals surface area (Å²) in [4.78, 5) is 0. The molecule has 1 heterocycles. The summed E-state index contributed by atoms with van der Waals surface area (Å²) in [7, 11) is 0. The van der Waals surface area contributed by atoms with Crippen molar-refractivity contribution in [2.45, 2.75) is 6.10 Å². The lowest BCUT2D eigenvalue weighted by Crippen LogP contribution is -1.96. The molecule has 2 rings (SSSR count). The molecule has 96 valence electrons. The number of benzene rings is 1. The number of nitrogens with zero attached hydrogens (tertiary/aromatic N) is 1. The molecule has 0 amide bonds. The van der Waals surface area contributed by atoms with E-state index in [1.807, 2.05) is 0 Å². The van der Waals surface area contributed by atoms with Gasteiger partial charge in [0.2, 0.25) is 0 Å². The number of rotatable bonds is 3. The molecule has 0 radical (unpaired) electrons. The average Bonchev–Trinajstić information content (AvgIpc) is 2.89. The van der Waals surface area contributed by atoms with Gasteiger partial charge in [-0.3, -0.25) is 0 Å². The lowest BCUT2D eigenvalue weighted by molar-refractivity contribution is 0.191. The molecule has 0 spiro atoms. The van der Waals surface area contributed by atoms with Crippen LogP contribution in [0.1, 0.15) is 11.9 Å². The molecular formula is C14H9Cl2NO2. The molecule has 0 aliphatic heterocycles. The van der Waals surface area contributed by atoms with Gasteiger partial charge in [0.05, 0.1) is 21.7 Å². The van der Waals surface area contributed by atoms with Gasteiger partial charge >= 0.3 is 0 Å². The van der Waals surface area contributed by atoms with Crippen molar-refractivity contribution in [2.24, 2.45) is 0 Å². The third kappa shape index (κ3) is 2.82. The van der Waals surface area contributed by atoms with Gasteiger partial charge in [0, 0.05) is 5.56 Å². The highest BCUT2D eigenvalue weighted by atomic mass is 35.5. The third-order valence-corrected chi connectivity index (χ3v) is 3.31. The van der Waals surface area contributed by atoms with Crippen molar-refractivity contribution < 1.29 is 9.52 Å². The summed E-state index contributed by atoms with van der Waals surface area (Å²) in [5, 5.41) is 19.3. The lowest BCUT2D eigenvalue weighted by atomic mass is 10.1. The Morgan fingerprint density at radius 3 is 2.63 bits per heavy atom. The van der Waals surface area contributed by atoms with E-state index in [0.29, 0.717) is 15.8 Å². The van der Waals surface area contributed by atoms with Gasteiger partial charge in [-0.2, -0.15) is 5.26 Å². The minimum atomic E-state index is -1.14. The van der Waals surface area contributed by atoms with E-state index in [9.17, 15) is 5.11 Å². The predicted molar refractivity (Wildman–Crippen MR) is 73.9 cm³/mol. The second-order valence-electron chi connectivity index (χ2n) is 3.87. The van der Waals surface area contributed by atoms with Crippen molar-refractivity contribution in [1.82, 2.24) is 0 Å². The highest BCUT2D eigenvalue weighted by Crippen LogP contribution is 2.31. The van der Waals surface area contributed by atoms with Crippen molar-refractivity contribution >= 4 is 23.2 Å². The van der Waals surface area contributed by atoms with Gasteiger partial charge in [0.25, 0.3) is 0 Å². The van der Waals surface area contributed by atoms with E-state index in [-0.39, 0.29) is 11.3 Å². The molecule has 0 bridgehead atoms. The van der Waals surface area contributed by atoms with Gasteiger partial charge < -0.3 is 9.52 Å². The number of hydrogen-bond donors (Lipinski definition) is 1. The van der Waals surface area contributed by atoms with Gasteiger partial charge in [-0.25, -0.2) is 0 Å². The number of aliphatic hydroxyl groups is 1. The van der Waals surface area contributed by atoms with Crippen molar-refractivity contribution in [3.05, 3.63) is 58.3 Å². The third-order valence-electron chi connectivity index (χ3n) is 2.57. The number of furan rings is 1. The molecule has 19 heavy (non-hydrogen) atoms. The summed E-state index contributed by atoms with van der Waals surface area (Å²) in [5.41, 5.74) is 0.755. The van der Waals surface area contributed by atoms with Crippen LogP contribution in [-0.2, 0) is 0 Å². The normalized spacial score (nSPS) is 11.9. The number of aliphatic hydroxyl groups excluding tert-OH is 1. The fourth-order valence-corrected chi connectivity index (χ4v) is 1.84. The van der Waals surface area contributed by atoms with Crippen LogP contribution in [0.5, 0.6) is 0 Å². The smallest absolute Gasteiger partial charge is 0.146 e. The van der Waals surface area contributed by atoms with Crippen LogP contribution >= 0.6 is 23.2 Å². The van der Waals surface area contributed by atoms with E-state index in [1.165, 1.54) is 0 Å². The maximum absolute atomic E-state index is 9.79. The first kappa shape index (κ1) is 13.7. The van der Waals surface area contributed by atoms with Gasteiger partial charge in [0.15, 0.2) is 0 Å². The van der Waals surface area contributed by atoms with Crippen LogP contribution in [0.4, 0.5) is 0 Å². The van der Waals surface area contributed by atoms with Crippen LogP contribution in [-0.4, -0.2) is 5.11 Å². The molecule has 5 heteroatoms. The van der Waals surface area contributed by atoms with E-state index in [0.717, 1.165) is 5.56 Å². The average molecular weight is 294 g/mol. The fourth-order valence-electron chi connectivity index (χ4n) is 1.54. The first-order chi connectivity index (χ1) is 9.02. The van der Waals surface area contributed by atoms with Crippen LogP contribution in [0, 0.1) is 11.3 Å². The van der Waals surface area contributed by atoms with Crippen molar-refractivity contribution in [2.75, 3.05) is 0 Å². The van der Waals surface area contributed by atoms with E-state index in [2.05, 4.69) is 6.58 Å². The molecule has 0 aliphatic rings. The molecule has 1 unspecified atom stereocenters. The first-order valence-electron chi connectivity index (χ1n) is 5.35. The maximum atomic E-state index is 9.79. The Balaban J connectivity index is 2.33. The van der Waals surface area contributed by atoms with E-state index >= 15 is 0 Å². The molecule has 1 atom stereocenters. The summed E-state index contributed by atoms with van der Waals surface area (Å²) in [6.07, 6.45) is -1.14. The Kier molecular flexibility index (Phi) is 3.96. The van der Waals surface area contributed by atoms with E-state index in [1.54, 1.807) is 36.4 Å². The zero-order chi connectivity index (χ0) is 14.0. The summed E-state index contributed by atoms with van der Waals surface area (Å²) in [6.45, 7) is 3.45. The summed E-state index contributed by atoms with van der Waals surface area (Å²) in [6, 6.07) is 10.1. The van der Waals surface area contributed by atoms with Crippen LogP contribution < -0.4 is 0 Å². The monoisotopic (exact) mass is 293 g/mol. The minimum absolute atomic E-state index is 0.0232. The maximum Gasteiger partial charge on any atom is 0.146 e. The van der Waals surface area contributed by atoms with Gasteiger partial charge in [-0.1, -0.05) is 29.8 Å². The summed E-state index contributed by atoms with van der Waals surface area (Å²) < 4.78 is 5.49. The van der Waals surface area contributed by atoms with Gasteiger partial charge in [-0.05, 0) is 30.3 Å². The standard InChI is InChI=1S/C14H9Cl2NO2/c1-8(7-17)14(18)13-5-4-12(19-13)9-2-3-10(15)11(16)6-9/h2-6,14,18H,1H2. The van der Waals surface area contributed by atoms with Crippen molar-refractivity contribution in [1.29, 1.82) is 5.26 Å². The molecule has 1 N–H and O–H groups in total. The fraction of sp³-hybridized carbons (Fsp3) is 0.0714. The van der Waals surface area contributed by atoms with Crippen LogP contribution in [0.15, 0.2) is 46.9 Å². The summed E-state index contributed by atoms with van der Waals surface area (Å²) >= 11 is 11.8. The largest absolute Gasteiger partial charge is 0.458 e. The Bertz CT molecular complexity index is 670. The highest BCUT2D eigenvalue weighted by Gasteiger charge is 2.16. The highest BCUT2D eigenvalue weighted by molar-refractivity contribution is 6.42. The molecule has 1 aromatic carbocycles. The lowest BCUT2D eigenvalue weighted by Gasteiger charge is -2.04. The van der Waals surface area contributed by atoms with Crippen LogP contribution in [0.25, 0.3) is 11.3 Å². The number of hydrogen-bond acceptors (Lipinski definition) is 3. The number of halogens is 2. The van der Waals surface area contributed by atoms with Crippen LogP contribution in [0.2, 0.25) is 10.0 Å². The molecular weight excluding hydrogens is 285 g/mol. The molecule has 3 nitrogen and oxygen atoms in total. The first-order valence-corrected chi connectivity index (χ1v) is 6.10. The van der Waals surface area contributed by atoms with E-state index < -0.39 is 6.10 Å². The molecule has 1 aromatic heterocycles. The van der Waals surface area contributed by atoms with Crippen molar-refractivity contribution in [3.63, 3.8) is 0 Å². The number of nitriles is 1. The zero-order valence-corrected chi connectivity index (χ0v) is 11.2. The Morgan fingerprint density at radius 2 is 2.00 bits per heavy atom. The molecule has 0 fully saturated rings. The van der Waals surface area contributed by atoms with Crippen molar-refractivity contribution in [3.8, 4) is 17.4 Å². The Labute approximate surface area is 120 Å². The van der Waals surface area contributed by atoms with E-state index in [4.69, 9.17) is 32.9 Å². The Morgan fingerprint density at radius 1 is 1.26 bits per heavy atom. The second kappa shape index (κ2) is 5.50. The van der Waals surface area contributed by atoms with Crippen LogP contribution in [0.3, 0.4) is 0 Å². The van der Waals surface area contributed by atoms with Gasteiger partial charge in [0.1, 0.15) is 17.6 Å². The quantitative estimate of drug-likeness (QED) is 0.855. The molecule has 0 saturated heterocycles. The predicted octanol–water partition coefficient (Wildman–Crippen LogP) is 4.37. The zero-order valence-electron chi connectivity index (χ0n) is 9.73. The minimum Gasteiger partial charge on any atom is -0.458 e. The topological polar surface area (TPSA) is 57.2 Å². The molecule has 0 saturated carbocycles.